The van der Waals surface area contributed by atoms with Crippen molar-refractivity contribution >= 4 is 11.8 Å². The molecule has 0 atom stereocenters. The maximum absolute atomic E-state index is 12.7. The smallest absolute Gasteiger partial charge is 0.225 e. The van der Waals surface area contributed by atoms with E-state index in [1.165, 1.54) is 19.3 Å². The van der Waals surface area contributed by atoms with Crippen LogP contribution < -0.4 is 0 Å². The van der Waals surface area contributed by atoms with Gasteiger partial charge in [-0.05, 0) is 31.2 Å². The first-order valence-electron chi connectivity index (χ1n) is 9.73. The van der Waals surface area contributed by atoms with Crippen LogP contribution in [0.15, 0.2) is 30.3 Å². The molecular weight excluding hydrogens is 312 g/mol. The lowest BCUT2D eigenvalue weighted by Crippen LogP contribution is -2.45. The number of carbonyl (C=O) groups is 2. The highest BCUT2D eigenvalue weighted by molar-refractivity contribution is 5.81. The Hall–Kier alpha value is -1.84. The van der Waals surface area contributed by atoms with Crippen molar-refractivity contribution in [3.05, 3.63) is 35.9 Å². The van der Waals surface area contributed by atoms with Crippen LogP contribution in [0.4, 0.5) is 0 Å². The molecule has 2 fully saturated rings. The Balaban J connectivity index is 1.47. The van der Waals surface area contributed by atoms with Gasteiger partial charge in [-0.1, -0.05) is 49.6 Å². The number of amides is 2. The van der Waals surface area contributed by atoms with E-state index in [9.17, 15) is 9.59 Å². The molecule has 1 saturated heterocycles. The van der Waals surface area contributed by atoms with Crippen molar-refractivity contribution in [1.82, 2.24) is 9.80 Å². The zero-order valence-electron chi connectivity index (χ0n) is 15.3. The molecule has 1 aliphatic heterocycles. The van der Waals surface area contributed by atoms with Crippen molar-refractivity contribution in [2.45, 2.75) is 51.5 Å². The predicted octanol–water partition coefficient (Wildman–Crippen LogP) is 3.46. The Bertz CT molecular complexity index is 573. The van der Waals surface area contributed by atoms with Crippen LogP contribution in [0.25, 0.3) is 0 Å². The molecule has 2 aliphatic rings. The van der Waals surface area contributed by atoms with Crippen LogP contribution in [0.1, 0.15) is 50.5 Å². The van der Waals surface area contributed by atoms with E-state index in [0.29, 0.717) is 12.5 Å². The summed E-state index contributed by atoms with van der Waals surface area (Å²) in [5.74, 6) is 0.850. The Kier molecular flexibility index (Phi) is 6.11. The number of nitrogens with zero attached hydrogens (tertiary/aromatic N) is 2. The first-order valence-corrected chi connectivity index (χ1v) is 9.73. The van der Waals surface area contributed by atoms with Gasteiger partial charge in [0.2, 0.25) is 11.8 Å². The van der Waals surface area contributed by atoms with Gasteiger partial charge in [0.15, 0.2) is 0 Å². The highest BCUT2D eigenvalue weighted by Gasteiger charge is 2.32. The lowest BCUT2D eigenvalue weighted by molar-refractivity contribution is -0.142. The molecule has 0 aromatic heterocycles. The zero-order valence-corrected chi connectivity index (χ0v) is 15.3. The minimum atomic E-state index is 0.0594. The molecule has 2 amide bonds. The quantitative estimate of drug-likeness (QED) is 0.841. The fourth-order valence-electron chi connectivity index (χ4n) is 4.20. The van der Waals surface area contributed by atoms with Gasteiger partial charge in [0.05, 0.1) is 0 Å². The van der Waals surface area contributed by atoms with Gasteiger partial charge in [-0.25, -0.2) is 0 Å². The standard InChI is InChI=1S/C21H30N2O2/c1-22(16-17-8-4-2-5-9-17)20(24)19-12-14-23(15-13-19)21(25)18-10-6-3-7-11-18/h2,4-5,8-9,18-19H,3,6-7,10-16H2,1H3. The van der Waals surface area contributed by atoms with E-state index in [0.717, 1.165) is 44.3 Å². The minimum absolute atomic E-state index is 0.0594. The van der Waals surface area contributed by atoms with Crippen molar-refractivity contribution in [2.24, 2.45) is 11.8 Å². The van der Waals surface area contributed by atoms with Crippen LogP contribution in [0, 0.1) is 11.8 Å². The summed E-state index contributed by atoms with van der Waals surface area (Å²) < 4.78 is 0. The molecule has 136 valence electrons. The molecule has 4 nitrogen and oxygen atoms in total. The van der Waals surface area contributed by atoms with E-state index in [1.54, 1.807) is 0 Å². The van der Waals surface area contributed by atoms with Crippen LogP contribution in [0.5, 0.6) is 0 Å². The average molecular weight is 342 g/mol. The lowest BCUT2D eigenvalue weighted by atomic mass is 9.87. The predicted molar refractivity (Wildman–Crippen MR) is 98.8 cm³/mol. The maximum atomic E-state index is 12.7. The Labute approximate surface area is 151 Å². The van der Waals surface area contributed by atoms with Crippen molar-refractivity contribution in [1.29, 1.82) is 0 Å². The topological polar surface area (TPSA) is 40.6 Å². The van der Waals surface area contributed by atoms with Gasteiger partial charge in [0, 0.05) is 38.5 Å². The van der Waals surface area contributed by atoms with Gasteiger partial charge in [0.25, 0.3) is 0 Å². The van der Waals surface area contributed by atoms with Crippen molar-refractivity contribution in [3.8, 4) is 0 Å². The molecule has 1 aliphatic carbocycles. The molecular formula is C21H30N2O2. The van der Waals surface area contributed by atoms with E-state index in [1.807, 2.05) is 35.0 Å². The number of hydrogen-bond donors (Lipinski definition) is 0. The lowest BCUT2D eigenvalue weighted by Gasteiger charge is -2.35. The Morgan fingerprint density at radius 3 is 2.24 bits per heavy atom. The number of carbonyl (C=O) groups excluding carboxylic acids is 2. The van der Waals surface area contributed by atoms with E-state index >= 15 is 0 Å². The Morgan fingerprint density at radius 2 is 1.60 bits per heavy atom. The molecule has 1 saturated carbocycles. The molecule has 0 unspecified atom stereocenters. The number of hydrogen-bond acceptors (Lipinski definition) is 2. The summed E-state index contributed by atoms with van der Waals surface area (Å²) in [4.78, 5) is 29.2. The summed E-state index contributed by atoms with van der Waals surface area (Å²) in [6.07, 6.45) is 7.36. The highest BCUT2D eigenvalue weighted by Crippen LogP contribution is 2.28. The molecule has 3 rings (SSSR count). The summed E-state index contributed by atoms with van der Waals surface area (Å²) >= 11 is 0. The third-order valence-corrected chi connectivity index (χ3v) is 5.75. The normalized spacial score (nSPS) is 19.6. The molecule has 0 radical (unpaired) electrons. The Morgan fingerprint density at radius 1 is 0.960 bits per heavy atom. The summed E-state index contributed by atoms with van der Waals surface area (Å²) in [5, 5.41) is 0. The fraction of sp³-hybridized carbons (Fsp3) is 0.619. The molecule has 4 heteroatoms. The average Bonchev–Trinajstić information content (AvgIpc) is 2.68. The van der Waals surface area contributed by atoms with E-state index in [-0.39, 0.29) is 17.7 Å². The van der Waals surface area contributed by atoms with Crippen LogP contribution in [0.2, 0.25) is 0 Å². The van der Waals surface area contributed by atoms with Gasteiger partial charge in [-0.3, -0.25) is 9.59 Å². The van der Waals surface area contributed by atoms with Crippen molar-refractivity contribution < 1.29 is 9.59 Å². The van der Waals surface area contributed by atoms with Crippen LogP contribution in [-0.2, 0) is 16.1 Å². The molecule has 0 bridgehead atoms. The molecule has 0 N–H and O–H groups in total. The van der Waals surface area contributed by atoms with Gasteiger partial charge < -0.3 is 9.80 Å². The third kappa shape index (κ3) is 4.62. The second-order valence-electron chi connectivity index (χ2n) is 7.61. The van der Waals surface area contributed by atoms with Crippen molar-refractivity contribution in [2.75, 3.05) is 20.1 Å². The summed E-state index contributed by atoms with van der Waals surface area (Å²) in [6, 6.07) is 10.1. The first kappa shape index (κ1) is 18.0. The van der Waals surface area contributed by atoms with E-state index < -0.39 is 0 Å². The second-order valence-corrected chi connectivity index (χ2v) is 7.61. The SMILES string of the molecule is CN(Cc1ccccc1)C(=O)C1CCN(C(=O)C2CCCCC2)CC1. The molecule has 1 heterocycles. The number of benzene rings is 1. The van der Waals surface area contributed by atoms with E-state index in [2.05, 4.69) is 12.1 Å². The third-order valence-electron chi connectivity index (χ3n) is 5.75. The second kappa shape index (κ2) is 8.50. The van der Waals surface area contributed by atoms with Gasteiger partial charge >= 0.3 is 0 Å². The summed E-state index contributed by atoms with van der Waals surface area (Å²) in [5.41, 5.74) is 1.16. The van der Waals surface area contributed by atoms with Gasteiger partial charge in [-0.15, -0.1) is 0 Å². The minimum Gasteiger partial charge on any atom is -0.342 e. The molecule has 25 heavy (non-hydrogen) atoms. The highest BCUT2D eigenvalue weighted by atomic mass is 16.2. The molecule has 0 spiro atoms. The largest absolute Gasteiger partial charge is 0.342 e. The van der Waals surface area contributed by atoms with Crippen LogP contribution in [-0.4, -0.2) is 41.8 Å². The number of piperidine rings is 1. The zero-order chi connectivity index (χ0) is 17.6. The van der Waals surface area contributed by atoms with Crippen LogP contribution in [0.3, 0.4) is 0 Å². The summed E-state index contributed by atoms with van der Waals surface area (Å²) in [7, 11) is 1.88. The summed E-state index contributed by atoms with van der Waals surface area (Å²) in [6.45, 7) is 2.14. The molecule has 1 aromatic carbocycles. The van der Waals surface area contributed by atoms with Gasteiger partial charge in [0.1, 0.15) is 0 Å². The van der Waals surface area contributed by atoms with Gasteiger partial charge in [-0.2, -0.15) is 0 Å². The van der Waals surface area contributed by atoms with Crippen molar-refractivity contribution in [3.63, 3.8) is 0 Å². The van der Waals surface area contributed by atoms with Crippen LogP contribution >= 0.6 is 0 Å². The molecule has 1 aromatic rings. The number of likely N-dealkylation sites (tertiary alicyclic amines) is 1. The maximum Gasteiger partial charge on any atom is 0.225 e. The van der Waals surface area contributed by atoms with E-state index in [4.69, 9.17) is 0 Å². The first-order chi connectivity index (χ1) is 12.1. The fourth-order valence-corrected chi connectivity index (χ4v) is 4.20. The monoisotopic (exact) mass is 342 g/mol. The number of rotatable bonds is 4.